The highest BCUT2D eigenvalue weighted by atomic mass is 16.5. The Morgan fingerprint density at radius 1 is 0.907 bits per heavy atom. The minimum Gasteiger partial charge on any atom is -0.394 e. The van der Waals surface area contributed by atoms with Crippen molar-refractivity contribution in [3.8, 4) is 22.3 Å². The van der Waals surface area contributed by atoms with Gasteiger partial charge in [0.15, 0.2) is 0 Å². The predicted molar refractivity (Wildman–Crippen MR) is 171 cm³/mol. The Balaban J connectivity index is 1.36. The molecule has 4 aromatic carbocycles. The fraction of sp³-hybridized carbons (Fsp3) is 0.278. The van der Waals surface area contributed by atoms with Gasteiger partial charge in [-0.05, 0) is 52.9 Å². The molecule has 0 unspecified atom stereocenters. The van der Waals surface area contributed by atoms with E-state index in [1.54, 1.807) is 16.8 Å². The maximum absolute atomic E-state index is 14.0. The first-order valence-electron chi connectivity index (χ1n) is 14.7. The summed E-state index contributed by atoms with van der Waals surface area (Å²) in [5.41, 5.74) is 6.22. The van der Waals surface area contributed by atoms with Crippen LogP contribution in [0.5, 0.6) is 0 Å². The van der Waals surface area contributed by atoms with Gasteiger partial charge in [-0.15, -0.1) is 0 Å². The summed E-state index contributed by atoms with van der Waals surface area (Å²) < 4.78 is 6.54. The quantitative estimate of drug-likeness (QED) is 0.273. The summed E-state index contributed by atoms with van der Waals surface area (Å²) in [5.74, 6) is -0.264. The molecule has 7 heteroatoms. The van der Waals surface area contributed by atoms with E-state index < -0.39 is 0 Å². The van der Waals surface area contributed by atoms with E-state index in [1.807, 2.05) is 105 Å². The molecule has 7 nitrogen and oxygen atoms in total. The lowest BCUT2D eigenvalue weighted by molar-refractivity contribution is -0.0178. The number of likely N-dealkylation sites (N-methyl/N-ethyl adjacent to an activating group) is 1. The normalized spacial score (nSPS) is 17.7. The number of benzene rings is 4. The second-order valence-electron chi connectivity index (χ2n) is 11.3. The largest absolute Gasteiger partial charge is 0.394 e. The van der Waals surface area contributed by atoms with Crippen molar-refractivity contribution in [2.24, 2.45) is 5.92 Å². The van der Waals surface area contributed by atoms with E-state index >= 15 is 0 Å². The number of aliphatic hydroxyl groups excluding tert-OH is 1. The predicted octanol–water partition coefficient (Wildman–Crippen LogP) is 6.54. The zero-order chi connectivity index (χ0) is 30.3. The van der Waals surface area contributed by atoms with E-state index in [0.717, 1.165) is 27.8 Å². The van der Waals surface area contributed by atoms with Crippen molar-refractivity contribution in [2.75, 3.05) is 32.1 Å². The second-order valence-corrected chi connectivity index (χ2v) is 11.3. The van der Waals surface area contributed by atoms with Crippen LogP contribution >= 0.6 is 0 Å². The van der Waals surface area contributed by atoms with E-state index in [0.29, 0.717) is 30.9 Å². The number of hydrogen-bond acceptors (Lipinski definition) is 4. The highest BCUT2D eigenvalue weighted by Gasteiger charge is 2.31. The highest BCUT2D eigenvalue weighted by molar-refractivity contribution is 6.01. The van der Waals surface area contributed by atoms with Crippen molar-refractivity contribution < 1.29 is 19.4 Å². The molecule has 1 aliphatic heterocycles. The molecule has 5 rings (SSSR count). The van der Waals surface area contributed by atoms with Crippen LogP contribution in [0.15, 0.2) is 103 Å². The van der Waals surface area contributed by atoms with Crippen molar-refractivity contribution in [2.45, 2.75) is 32.6 Å². The molecule has 0 aliphatic carbocycles. The summed E-state index contributed by atoms with van der Waals surface area (Å²) in [6.07, 6.45) is -0.369. The number of fused-ring (bicyclic) bond motifs is 3. The van der Waals surface area contributed by atoms with E-state index in [-0.39, 0.29) is 36.6 Å². The van der Waals surface area contributed by atoms with Gasteiger partial charge in [-0.3, -0.25) is 4.79 Å². The fourth-order valence-electron chi connectivity index (χ4n) is 5.50. The van der Waals surface area contributed by atoms with Gasteiger partial charge in [0.05, 0.1) is 25.4 Å². The Labute approximate surface area is 253 Å². The molecular formula is C36H39N3O4. The number of nitrogens with zero attached hydrogens (tertiary/aromatic N) is 2. The Bertz CT molecular complexity index is 1540. The van der Waals surface area contributed by atoms with E-state index in [9.17, 15) is 14.7 Å². The third-order valence-electron chi connectivity index (χ3n) is 8.14. The van der Waals surface area contributed by atoms with Gasteiger partial charge < -0.3 is 25.0 Å². The minimum absolute atomic E-state index is 0.129. The lowest BCUT2D eigenvalue weighted by Crippen LogP contribution is -2.48. The van der Waals surface area contributed by atoms with Crippen LogP contribution in [0.2, 0.25) is 0 Å². The topological polar surface area (TPSA) is 82.1 Å². The summed E-state index contributed by atoms with van der Waals surface area (Å²) in [5, 5.41) is 13.0. The maximum atomic E-state index is 14.0. The first-order chi connectivity index (χ1) is 20.9. The summed E-state index contributed by atoms with van der Waals surface area (Å²) in [6, 6.07) is 32.8. The number of nitrogens with one attached hydrogen (secondary N) is 1. The number of hydrogen-bond donors (Lipinski definition) is 2. The van der Waals surface area contributed by atoms with Gasteiger partial charge in [0.1, 0.15) is 0 Å². The first kappa shape index (κ1) is 30.0. The van der Waals surface area contributed by atoms with E-state index in [4.69, 9.17) is 4.74 Å². The number of carbonyl (C=O) groups excluding carboxylic acids is 2. The van der Waals surface area contributed by atoms with E-state index in [1.165, 1.54) is 0 Å². The second kappa shape index (κ2) is 13.7. The monoisotopic (exact) mass is 577 g/mol. The van der Waals surface area contributed by atoms with Crippen LogP contribution in [0.3, 0.4) is 0 Å². The van der Waals surface area contributed by atoms with Gasteiger partial charge in [-0.2, -0.15) is 0 Å². The van der Waals surface area contributed by atoms with Crippen LogP contribution in [-0.2, 0) is 11.3 Å². The number of anilines is 1. The van der Waals surface area contributed by atoms with Gasteiger partial charge >= 0.3 is 6.03 Å². The third kappa shape index (κ3) is 6.96. The number of carbonyl (C=O) groups is 2. The average molecular weight is 578 g/mol. The van der Waals surface area contributed by atoms with Crippen LogP contribution in [0.25, 0.3) is 22.3 Å². The molecular weight excluding hydrogens is 538 g/mol. The van der Waals surface area contributed by atoms with Crippen LogP contribution in [-0.4, -0.2) is 65.7 Å². The molecule has 0 aromatic heterocycles. The van der Waals surface area contributed by atoms with Crippen molar-refractivity contribution >= 4 is 17.6 Å². The molecule has 1 aliphatic rings. The van der Waals surface area contributed by atoms with Crippen molar-refractivity contribution in [1.29, 1.82) is 0 Å². The van der Waals surface area contributed by atoms with Crippen molar-refractivity contribution in [3.63, 3.8) is 0 Å². The summed E-state index contributed by atoms with van der Waals surface area (Å²) in [6.45, 7) is 4.73. The first-order valence-corrected chi connectivity index (χ1v) is 14.7. The third-order valence-corrected chi connectivity index (χ3v) is 8.14. The molecule has 3 amide bonds. The molecule has 3 atom stereocenters. The van der Waals surface area contributed by atoms with Gasteiger partial charge in [-0.25, -0.2) is 4.79 Å². The summed E-state index contributed by atoms with van der Waals surface area (Å²) in [7, 11) is 1.75. The SMILES string of the molecule is C[C@H](CO)N1C[C@H](C)[C@@H](CN(C)C(=O)Nc2ccc(-c3ccccc3)cc2)OCc2ccccc2-c2ccccc2C1=O. The molecule has 0 bridgehead atoms. The smallest absolute Gasteiger partial charge is 0.321 e. The fourth-order valence-corrected chi connectivity index (χ4v) is 5.50. The lowest BCUT2D eigenvalue weighted by atomic mass is 9.94. The summed E-state index contributed by atoms with van der Waals surface area (Å²) in [4.78, 5) is 30.6. The average Bonchev–Trinajstić information content (AvgIpc) is 3.06. The number of ether oxygens (including phenoxy) is 1. The Hall–Kier alpha value is -4.46. The molecule has 4 aromatic rings. The molecule has 2 N–H and O–H groups in total. The number of rotatable bonds is 6. The zero-order valence-corrected chi connectivity index (χ0v) is 24.9. The van der Waals surface area contributed by atoms with E-state index in [2.05, 4.69) is 17.4 Å². The van der Waals surface area contributed by atoms with Gasteiger partial charge in [0.2, 0.25) is 0 Å². The van der Waals surface area contributed by atoms with Crippen LogP contribution < -0.4 is 5.32 Å². The molecule has 1 heterocycles. The van der Waals surface area contributed by atoms with Crippen LogP contribution in [0.4, 0.5) is 10.5 Å². The maximum Gasteiger partial charge on any atom is 0.321 e. The Kier molecular flexibility index (Phi) is 9.55. The standard InChI is InChI=1S/C36H39N3O4/c1-25-21-39(26(2)23-40)35(41)33-16-10-9-15-32(33)31-14-8-7-13-29(31)24-43-34(25)22-38(3)36(42)37-30-19-17-28(18-20-30)27-11-5-4-6-12-27/h4-20,25-26,34,40H,21-24H2,1-3H3,(H,37,42)/t25-,26+,34+/m0/s1. The van der Waals surface area contributed by atoms with Gasteiger partial charge in [-0.1, -0.05) is 91.9 Å². The van der Waals surface area contributed by atoms with Gasteiger partial charge in [0.25, 0.3) is 5.91 Å². The van der Waals surface area contributed by atoms with Crippen molar-refractivity contribution in [1.82, 2.24) is 9.80 Å². The Morgan fingerprint density at radius 3 is 2.21 bits per heavy atom. The Morgan fingerprint density at radius 2 is 1.51 bits per heavy atom. The number of amides is 3. The van der Waals surface area contributed by atoms with Crippen LogP contribution in [0, 0.1) is 5.92 Å². The minimum atomic E-state index is -0.389. The molecule has 43 heavy (non-hydrogen) atoms. The van der Waals surface area contributed by atoms with Gasteiger partial charge in [0, 0.05) is 37.3 Å². The van der Waals surface area contributed by atoms with Crippen LogP contribution in [0.1, 0.15) is 29.8 Å². The molecule has 0 saturated heterocycles. The zero-order valence-electron chi connectivity index (χ0n) is 24.9. The molecule has 0 saturated carbocycles. The van der Waals surface area contributed by atoms with Crippen molar-refractivity contribution in [3.05, 3.63) is 114 Å². The lowest BCUT2D eigenvalue weighted by Gasteiger charge is -2.35. The molecule has 222 valence electrons. The number of urea groups is 1. The molecule has 0 spiro atoms. The highest BCUT2D eigenvalue weighted by Crippen LogP contribution is 2.31. The number of aliphatic hydroxyl groups is 1. The summed E-state index contributed by atoms with van der Waals surface area (Å²) >= 11 is 0. The molecule has 0 fully saturated rings. The molecule has 0 radical (unpaired) electrons.